The molecule has 0 saturated heterocycles. The van der Waals surface area contributed by atoms with Crippen LogP contribution in [0.2, 0.25) is 0 Å². The van der Waals surface area contributed by atoms with Crippen LogP contribution < -0.4 is 18.9 Å². The predicted octanol–water partition coefficient (Wildman–Crippen LogP) is 8.28. The third-order valence-corrected chi connectivity index (χ3v) is 5.48. The maximum atomic E-state index is 13.7. The van der Waals surface area contributed by atoms with Crippen LogP contribution in [0.4, 0.5) is 0 Å². The van der Waals surface area contributed by atoms with Crippen molar-refractivity contribution in [1.82, 2.24) is 0 Å². The molecular weight excluding hydrogens is 476 g/mol. The second-order valence-electron chi connectivity index (χ2n) is 11.5. The first-order valence-corrected chi connectivity index (χ1v) is 14.0. The molecule has 0 heterocycles. The molecule has 0 amide bonds. The number of hydrogen-bond donors (Lipinski definition) is 0. The molecule has 0 atom stereocenters. The molecule has 0 aliphatic carbocycles. The Bertz CT molecular complexity index is 1050. The molecule has 5 nitrogen and oxygen atoms in total. The lowest BCUT2D eigenvalue weighted by atomic mass is 10.0. The van der Waals surface area contributed by atoms with Gasteiger partial charge < -0.3 is 18.9 Å². The highest BCUT2D eigenvalue weighted by Gasteiger charge is 2.20. The molecule has 2 aromatic rings. The summed E-state index contributed by atoms with van der Waals surface area (Å²) in [5, 5.41) is 0. The summed E-state index contributed by atoms with van der Waals surface area (Å²) in [5.41, 5.74) is 2.49. The molecule has 2 rings (SSSR count). The zero-order chi connectivity index (χ0) is 28.2. The van der Waals surface area contributed by atoms with Gasteiger partial charge in [-0.15, -0.1) is 0 Å². The van der Waals surface area contributed by atoms with E-state index in [1.165, 1.54) is 5.56 Å². The number of hydrogen-bond acceptors (Lipinski definition) is 5. The van der Waals surface area contributed by atoms with E-state index in [-0.39, 0.29) is 5.78 Å². The standard InChI is InChI=1S/C33H48O5/c1-10-26-11-14-31(36-19-23(4)5)27(15-26)12-13-30(34)29-16-28(35-18-22(2)3)17-32(37-20-24(6)7)33(29)38-21-25(8)9/h11-17,22-25H,10,18-21H2,1-9H3/b13-12-. The van der Waals surface area contributed by atoms with Gasteiger partial charge in [0.05, 0.1) is 32.0 Å². The Morgan fingerprint density at radius 1 is 0.711 bits per heavy atom. The Labute approximate surface area is 230 Å². The monoisotopic (exact) mass is 524 g/mol. The van der Waals surface area contributed by atoms with Crippen molar-refractivity contribution >= 4 is 11.9 Å². The summed E-state index contributed by atoms with van der Waals surface area (Å²) < 4.78 is 24.4. The van der Waals surface area contributed by atoms with Gasteiger partial charge in [-0.1, -0.05) is 68.4 Å². The van der Waals surface area contributed by atoms with E-state index in [1.807, 2.05) is 18.2 Å². The lowest BCUT2D eigenvalue weighted by Crippen LogP contribution is -2.13. The van der Waals surface area contributed by atoms with Crippen molar-refractivity contribution in [3.63, 3.8) is 0 Å². The fourth-order valence-corrected chi connectivity index (χ4v) is 3.46. The Hall–Kier alpha value is -2.95. The van der Waals surface area contributed by atoms with Crippen molar-refractivity contribution in [2.45, 2.75) is 68.7 Å². The maximum absolute atomic E-state index is 13.7. The fraction of sp³-hybridized carbons (Fsp3) is 0.545. The quantitative estimate of drug-likeness (QED) is 0.163. The van der Waals surface area contributed by atoms with E-state index in [9.17, 15) is 4.79 Å². The molecule has 38 heavy (non-hydrogen) atoms. The zero-order valence-corrected chi connectivity index (χ0v) is 24.9. The smallest absolute Gasteiger partial charge is 0.189 e. The number of benzene rings is 2. The van der Waals surface area contributed by atoms with Crippen LogP contribution in [0.25, 0.3) is 6.08 Å². The molecule has 0 aliphatic rings. The van der Waals surface area contributed by atoms with E-state index in [1.54, 1.807) is 12.1 Å². The molecule has 0 bridgehead atoms. The van der Waals surface area contributed by atoms with E-state index < -0.39 is 0 Å². The van der Waals surface area contributed by atoms with Crippen LogP contribution in [0.15, 0.2) is 36.4 Å². The molecule has 0 N–H and O–H groups in total. The number of carbonyl (C=O) groups is 1. The predicted molar refractivity (Wildman–Crippen MR) is 157 cm³/mol. The lowest BCUT2D eigenvalue weighted by molar-refractivity contribution is 0.104. The van der Waals surface area contributed by atoms with Gasteiger partial charge in [0, 0.05) is 11.6 Å². The van der Waals surface area contributed by atoms with Gasteiger partial charge in [0.15, 0.2) is 17.3 Å². The minimum absolute atomic E-state index is 0.176. The van der Waals surface area contributed by atoms with Crippen molar-refractivity contribution in [2.24, 2.45) is 23.7 Å². The molecule has 0 aromatic heterocycles. The molecule has 2 aromatic carbocycles. The van der Waals surface area contributed by atoms with Gasteiger partial charge >= 0.3 is 0 Å². The third kappa shape index (κ3) is 10.4. The van der Waals surface area contributed by atoms with Crippen LogP contribution in [0.3, 0.4) is 0 Å². The van der Waals surface area contributed by atoms with Gasteiger partial charge in [0.1, 0.15) is 11.5 Å². The van der Waals surface area contributed by atoms with Crippen molar-refractivity contribution in [3.05, 3.63) is 53.1 Å². The minimum atomic E-state index is -0.176. The number of allylic oxidation sites excluding steroid dienone is 1. The van der Waals surface area contributed by atoms with Crippen LogP contribution in [0.1, 0.15) is 83.8 Å². The Kier molecular flexibility index (Phi) is 12.7. The summed E-state index contributed by atoms with van der Waals surface area (Å²) in [6.07, 6.45) is 4.32. The largest absolute Gasteiger partial charge is 0.493 e. The van der Waals surface area contributed by atoms with E-state index in [0.717, 1.165) is 17.7 Å². The first-order chi connectivity index (χ1) is 18.0. The number of ketones is 1. The van der Waals surface area contributed by atoms with Crippen LogP contribution in [-0.4, -0.2) is 32.2 Å². The fourth-order valence-electron chi connectivity index (χ4n) is 3.46. The Balaban J connectivity index is 2.52. The number of aryl methyl sites for hydroxylation is 1. The molecule has 0 spiro atoms. The summed E-state index contributed by atoms with van der Waals surface area (Å²) in [7, 11) is 0. The number of ether oxygens (including phenoxy) is 4. The van der Waals surface area contributed by atoms with Gasteiger partial charge in [0.2, 0.25) is 0 Å². The van der Waals surface area contributed by atoms with Crippen molar-refractivity contribution < 1.29 is 23.7 Å². The lowest BCUT2D eigenvalue weighted by Gasteiger charge is -2.19. The van der Waals surface area contributed by atoms with Gasteiger partial charge in [-0.25, -0.2) is 0 Å². The molecule has 210 valence electrons. The molecular formula is C33H48O5. The molecule has 0 unspecified atom stereocenters. The van der Waals surface area contributed by atoms with Crippen LogP contribution in [0.5, 0.6) is 23.0 Å². The zero-order valence-electron chi connectivity index (χ0n) is 24.9. The number of carbonyl (C=O) groups excluding carboxylic acids is 1. The second kappa shape index (κ2) is 15.5. The summed E-state index contributed by atoms with van der Waals surface area (Å²) in [4.78, 5) is 13.7. The number of rotatable bonds is 16. The average Bonchev–Trinajstić information content (AvgIpc) is 2.86. The summed E-state index contributed by atoms with van der Waals surface area (Å²) in [6, 6.07) is 9.74. The summed E-state index contributed by atoms with van der Waals surface area (Å²) in [5.74, 6) is 3.55. The van der Waals surface area contributed by atoms with Crippen LogP contribution in [0, 0.1) is 23.7 Å². The third-order valence-electron chi connectivity index (χ3n) is 5.48. The normalized spacial score (nSPS) is 11.7. The minimum Gasteiger partial charge on any atom is -0.493 e. The first kappa shape index (κ1) is 31.3. The average molecular weight is 525 g/mol. The summed E-state index contributed by atoms with van der Waals surface area (Å²) >= 11 is 0. The highest BCUT2D eigenvalue weighted by Crippen LogP contribution is 2.38. The first-order valence-electron chi connectivity index (χ1n) is 14.0. The maximum Gasteiger partial charge on any atom is 0.189 e. The topological polar surface area (TPSA) is 54.0 Å². The van der Waals surface area contributed by atoms with E-state index >= 15 is 0 Å². The molecule has 0 saturated carbocycles. The van der Waals surface area contributed by atoms with Crippen LogP contribution >= 0.6 is 0 Å². The summed E-state index contributed by atoms with van der Waals surface area (Å²) in [6.45, 7) is 21.0. The Morgan fingerprint density at radius 2 is 1.26 bits per heavy atom. The second-order valence-corrected chi connectivity index (χ2v) is 11.5. The Morgan fingerprint density at radius 3 is 1.84 bits per heavy atom. The van der Waals surface area contributed by atoms with E-state index in [4.69, 9.17) is 18.9 Å². The van der Waals surface area contributed by atoms with Gasteiger partial charge in [-0.05, 0) is 66.0 Å². The van der Waals surface area contributed by atoms with E-state index in [2.05, 4.69) is 74.4 Å². The molecule has 0 radical (unpaired) electrons. The molecule has 0 fully saturated rings. The van der Waals surface area contributed by atoms with Crippen molar-refractivity contribution in [3.8, 4) is 23.0 Å². The molecule has 5 heteroatoms. The van der Waals surface area contributed by atoms with Crippen molar-refractivity contribution in [2.75, 3.05) is 26.4 Å². The van der Waals surface area contributed by atoms with Crippen LogP contribution in [-0.2, 0) is 6.42 Å². The van der Waals surface area contributed by atoms with Gasteiger partial charge in [-0.2, -0.15) is 0 Å². The highest BCUT2D eigenvalue weighted by molar-refractivity contribution is 6.09. The van der Waals surface area contributed by atoms with Crippen molar-refractivity contribution in [1.29, 1.82) is 0 Å². The van der Waals surface area contributed by atoms with Gasteiger partial charge in [-0.3, -0.25) is 4.79 Å². The SMILES string of the molecule is CCc1ccc(OCC(C)C)c(/C=C\C(=O)c2cc(OCC(C)C)cc(OCC(C)C)c2OCC(C)C)c1. The highest BCUT2D eigenvalue weighted by atomic mass is 16.5. The van der Waals surface area contributed by atoms with Gasteiger partial charge in [0.25, 0.3) is 0 Å². The van der Waals surface area contributed by atoms with E-state index in [0.29, 0.717) is 72.9 Å². The molecule has 0 aliphatic heterocycles.